The molecule has 8 heteroatoms. The lowest BCUT2D eigenvalue weighted by molar-refractivity contribution is 0.102. The van der Waals surface area contributed by atoms with E-state index in [1.165, 1.54) is 43.3 Å². The summed E-state index contributed by atoms with van der Waals surface area (Å²) in [6.07, 6.45) is 0. The van der Waals surface area contributed by atoms with E-state index in [1.54, 1.807) is 0 Å². The summed E-state index contributed by atoms with van der Waals surface area (Å²) in [6, 6.07) is 8.25. The van der Waals surface area contributed by atoms with Crippen molar-refractivity contribution in [3.05, 3.63) is 69.4 Å². The standard InChI is InChI=1S/C17H10Cl2F2N2O2/c1-8-13(17(24)22-12-7-3-5-10(19)15(12)21)16(23-25-8)14-9(18)4-2-6-11(14)20/h2-7H,1H3,(H,22,24). The number of benzene rings is 2. The van der Waals surface area contributed by atoms with E-state index in [2.05, 4.69) is 10.5 Å². The van der Waals surface area contributed by atoms with Crippen molar-refractivity contribution in [3.63, 3.8) is 0 Å². The molecular weight excluding hydrogens is 373 g/mol. The monoisotopic (exact) mass is 382 g/mol. The lowest BCUT2D eigenvalue weighted by Crippen LogP contribution is -2.15. The van der Waals surface area contributed by atoms with Crippen molar-refractivity contribution >= 4 is 34.8 Å². The van der Waals surface area contributed by atoms with E-state index in [0.29, 0.717) is 0 Å². The number of amides is 1. The second-order valence-electron chi connectivity index (χ2n) is 5.11. The molecule has 1 heterocycles. The Bertz CT molecular complexity index is 953. The number of anilines is 1. The summed E-state index contributed by atoms with van der Waals surface area (Å²) < 4.78 is 33.2. The molecule has 0 unspecified atom stereocenters. The summed E-state index contributed by atoms with van der Waals surface area (Å²) in [5, 5.41) is 6.03. The molecule has 0 atom stereocenters. The second kappa shape index (κ2) is 6.82. The van der Waals surface area contributed by atoms with Gasteiger partial charge in [-0.25, -0.2) is 8.78 Å². The summed E-state index contributed by atoms with van der Waals surface area (Å²) in [6.45, 7) is 1.48. The van der Waals surface area contributed by atoms with Crippen LogP contribution in [-0.2, 0) is 0 Å². The number of rotatable bonds is 3. The van der Waals surface area contributed by atoms with Crippen LogP contribution >= 0.6 is 23.2 Å². The SMILES string of the molecule is Cc1onc(-c2c(F)cccc2Cl)c1C(=O)Nc1cccc(Cl)c1F. The zero-order valence-electron chi connectivity index (χ0n) is 12.7. The Morgan fingerprint density at radius 3 is 2.52 bits per heavy atom. The number of aryl methyl sites for hydroxylation is 1. The van der Waals surface area contributed by atoms with Gasteiger partial charge in [-0.1, -0.05) is 40.5 Å². The van der Waals surface area contributed by atoms with E-state index in [9.17, 15) is 13.6 Å². The van der Waals surface area contributed by atoms with E-state index < -0.39 is 17.5 Å². The molecule has 0 saturated heterocycles. The lowest BCUT2D eigenvalue weighted by atomic mass is 10.0. The third-order valence-corrected chi connectivity index (χ3v) is 4.10. The van der Waals surface area contributed by atoms with Gasteiger partial charge in [-0.05, 0) is 31.2 Å². The van der Waals surface area contributed by atoms with Crippen LogP contribution in [0.15, 0.2) is 40.9 Å². The van der Waals surface area contributed by atoms with Crippen molar-refractivity contribution in [3.8, 4) is 11.3 Å². The van der Waals surface area contributed by atoms with Crippen LogP contribution in [0.25, 0.3) is 11.3 Å². The van der Waals surface area contributed by atoms with Gasteiger partial charge in [0, 0.05) is 0 Å². The first-order valence-corrected chi connectivity index (χ1v) is 7.81. The van der Waals surface area contributed by atoms with Gasteiger partial charge in [0.1, 0.15) is 22.8 Å². The van der Waals surface area contributed by atoms with Gasteiger partial charge < -0.3 is 9.84 Å². The third kappa shape index (κ3) is 3.23. The molecule has 128 valence electrons. The fourth-order valence-electron chi connectivity index (χ4n) is 2.32. The van der Waals surface area contributed by atoms with Gasteiger partial charge in [0.15, 0.2) is 5.82 Å². The maximum absolute atomic E-state index is 14.2. The first kappa shape index (κ1) is 17.4. The summed E-state index contributed by atoms with van der Waals surface area (Å²) >= 11 is 11.7. The van der Waals surface area contributed by atoms with E-state index in [4.69, 9.17) is 27.7 Å². The van der Waals surface area contributed by atoms with Crippen molar-refractivity contribution in [1.82, 2.24) is 5.16 Å². The van der Waals surface area contributed by atoms with Gasteiger partial charge in [0.05, 0.1) is 21.3 Å². The summed E-state index contributed by atoms with van der Waals surface area (Å²) in [7, 11) is 0. The molecular formula is C17H10Cl2F2N2O2. The number of nitrogens with zero attached hydrogens (tertiary/aromatic N) is 1. The highest BCUT2D eigenvalue weighted by Gasteiger charge is 2.26. The molecule has 2 aromatic carbocycles. The Kier molecular flexibility index (Phi) is 4.74. The van der Waals surface area contributed by atoms with E-state index in [-0.39, 0.29) is 38.3 Å². The Morgan fingerprint density at radius 1 is 1.12 bits per heavy atom. The number of carbonyl (C=O) groups excluding carboxylic acids is 1. The van der Waals surface area contributed by atoms with E-state index >= 15 is 0 Å². The lowest BCUT2D eigenvalue weighted by Gasteiger charge is -2.08. The predicted octanol–water partition coefficient (Wildman–Crippen LogP) is 5.49. The van der Waals surface area contributed by atoms with Crippen LogP contribution in [-0.4, -0.2) is 11.1 Å². The quantitative estimate of drug-likeness (QED) is 0.651. The second-order valence-corrected chi connectivity index (χ2v) is 5.93. The van der Waals surface area contributed by atoms with E-state index in [1.807, 2.05) is 0 Å². The molecule has 1 N–H and O–H groups in total. The molecule has 4 nitrogen and oxygen atoms in total. The van der Waals surface area contributed by atoms with Crippen molar-refractivity contribution in [1.29, 1.82) is 0 Å². The summed E-state index contributed by atoms with van der Waals surface area (Å²) in [5.41, 5.74) is -0.312. The molecule has 25 heavy (non-hydrogen) atoms. The maximum Gasteiger partial charge on any atom is 0.261 e. The largest absolute Gasteiger partial charge is 0.360 e. The molecule has 0 spiro atoms. The highest BCUT2D eigenvalue weighted by molar-refractivity contribution is 6.33. The fraction of sp³-hybridized carbons (Fsp3) is 0.0588. The normalized spacial score (nSPS) is 10.8. The van der Waals surface area contributed by atoms with Gasteiger partial charge in [-0.15, -0.1) is 0 Å². The van der Waals surface area contributed by atoms with Crippen LogP contribution in [0.5, 0.6) is 0 Å². The first-order valence-electron chi connectivity index (χ1n) is 7.06. The average Bonchev–Trinajstić information content (AvgIpc) is 2.93. The molecule has 0 fully saturated rings. The molecule has 0 saturated carbocycles. The van der Waals surface area contributed by atoms with Crippen molar-refractivity contribution < 1.29 is 18.1 Å². The molecule has 0 radical (unpaired) electrons. The topological polar surface area (TPSA) is 55.1 Å². The van der Waals surface area contributed by atoms with Gasteiger partial charge >= 0.3 is 0 Å². The first-order chi connectivity index (χ1) is 11.9. The zero-order chi connectivity index (χ0) is 18.1. The van der Waals surface area contributed by atoms with Crippen molar-refractivity contribution in [2.24, 2.45) is 0 Å². The minimum Gasteiger partial charge on any atom is -0.360 e. The highest BCUT2D eigenvalue weighted by atomic mass is 35.5. The van der Waals surface area contributed by atoms with Crippen LogP contribution < -0.4 is 5.32 Å². The molecule has 3 aromatic rings. The Morgan fingerprint density at radius 2 is 1.80 bits per heavy atom. The van der Waals surface area contributed by atoms with Gasteiger partial charge in [-0.2, -0.15) is 0 Å². The summed E-state index contributed by atoms with van der Waals surface area (Å²) in [4.78, 5) is 12.6. The third-order valence-electron chi connectivity index (χ3n) is 3.49. The fourth-order valence-corrected chi connectivity index (χ4v) is 2.75. The molecule has 1 amide bonds. The number of aromatic nitrogens is 1. The molecule has 0 aliphatic carbocycles. The minimum atomic E-state index is -0.780. The van der Waals surface area contributed by atoms with Crippen molar-refractivity contribution in [2.45, 2.75) is 6.92 Å². The molecule has 0 aliphatic heterocycles. The molecule has 0 aliphatic rings. The molecule has 3 rings (SSSR count). The predicted molar refractivity (Wildman–Crippen MR) is 91.0 cm³/mol. The number of hydrogen-bond donors (Lipinski definition) is 1. The summed E-state index contributed by atoms with van der Waals surface area (Å²) in [5.74, 6) is -2.04. The number of nitrogens with one attached hydrogen (secondary N) is 1. The number of hydrogen-bond acceptors (Lipinski definition) is 3. The van der Waals surface area contributed by atoms with Gasteiger partial charge in [0.25, 0.3) is 5.91 Å². The van der Waals surface area contributed by atoms with Gasteiger partial charge in [0.2, 0.25) is 0 Å². The molecule has 1 aromatic heterocycles. The van der Waals surface area contributed by atoms with Crippen LogP contribution in [0, 0.1) is 18.6 Å². The number of carbonyl (C=O) groups is 1. The highest BCUT2D eigenvalue weighted by Crippen LogP contribution is 2.34. The smallest absolute Gasteiger partial charge is 0.261 e. The minimum absolute atomic E-state index is 0.0497. The Balaban J connectivity index is 2.05. The zero-order valence-corrected chi connectivity index (χ0v) is 14.3. The van der Waals surface area contributed by atoms with Crippen LogP contribution in [0.2, 0.25) is 10.0 Å². The van der Waals surface area contributed by atoms with Crippen LogP contribution in [0.1, 0.15) is 16.1 Å². The average molecular weight is 383 g/mol. The maximum atomic E-state index is 14.2. The van der Waals surface area contributed by atoms with Gasteiger partial charge in [-0.3, -0.25) is 4.79 Å². The van der Waals surface area contributed by atoms with Crippen LogP contribution in [0.4, 0.5) is 14.5 Å². The molecule has 0 bridgehead atoms. The van der Waals surface area contributed by atoms with E-state index in [0.717, 1.165) is 0 Å². The number of halogens is 4. The van der Waals surface area contributed by atoms with Crippen molar-refractivity contribution in [2.75, 3.05) is 5.32 Å². The Hall–Kier alpha value is -2.44. The Labute approximate surface area is 151 Å². The van der Waals surface area contributed by atoms with Crippen LogP contribution in [0.3, 0.4) is 0 Å².